The third kappa shape index (κ3) is 3.76. The Morgan fingerprint density at radius 3 is 2.24 bits per heavy atom. The average molecular weight is 336 g/mol. The lowest BCUT2D eigenvalue weighted by atomic mass is 9.84. The highest BCUT2D eigenvalue weighted by Gasteiger charge is 2.16. The lowest BCUT2D eigenvalue weighted by molar-refractivity contribution is 0.304. The van der Waals surface area contributed by atoms with Crippen LogP contribution < -0.4 is 10.4 Å². The minimum atomic E-state index is -0.353. The first-order valence-corrected chi connectivity index (χ1v) is 8.51. The maximum Gasteiger partial charge on any atom is 0.336 e. The summed E-state index contributed by atoms with van der Waals surface area (Å²) in [4.78, 5) is 11.4. The molecule has 0 fully saturated rings. The number of aryl methyl sites for hydroxylation is 2. The van der Waals surface area contributed by atoms with E-state index in [9.17, 15) is 4.79 Å². The van der Waals surface area contributed by atoms with Crippen molar-refractivity contribution in [1.29, 1.82) is 0 Å². The van der Waals surface area contributed by atoms with E-state index in [4.69, 9.17) is 9.15 Å². The molecule has 25 heavy (non-hydrogen) atoms. The SMILES string of the molecule is Cc1cc(C(C)(C)C)cc(C)c1COc1ccc2ccc(=O)oc2c1. The maximum atomic E-state index is 11.4. The van der Waals surface area contributed by atoms with E-state index < -0.39 is 0 Å². The van der Waals surface area contributed by atoms with Crippen molar-refractivity contribution in [2.45, 2.75) is 46.6 Å². The molecular formula is C22H24O3. The molecule has 3 heteroatoms. The summed E-state index contributed by atoms with van der Waals surface area (Å²) >= 11 is 0. The highest BCUT2D eigenvalue weighted by atomic mass is 16.5. The molecule has 0 saturated heterocycles. The quantitative estimate of drug-likeness (QED) is 0.610. The fraction of sp³-hybridized carbons (Fsp3) is 0.318. The number of ether oxygens (including phenoxy) is 1. The molecule has 0 spiro atoms. The van der Waals surface area contributed by atoms with Gasteiger partial charge in [0.2, 0.25) is 0 Å². The van der Waals surface area contributed by atoms with Gasteiger partial charge in [0.1, 0.15) is 17.9 Å². The topological polar surface area (TPSA) is 39.4 Å². The van der Waals surface area contributed by atoms with Gasteiger partial charge in [-0.05, 0) is 59.7 Å². The van der Waals surface area contributed by atoms with Crippen LogP contribution >= 0.6 is 0 Å². The molecule has 0 N–H and O–H groups in total. The second-order valence-electron chi connectivity index (χ2n) is 7.58. The standard InChI is InChI=1S/C22H24O3/c1-14-10-17(22(3,4)5)11-15(2)19(14)13-24-18-8-6-16-7-9-21(23)25-20(16)12-18/h6-12H,13H2,1-5H3. The molecule has 0 bridgehead atoms. The van der Waals surface area contributed by atoms with Crippen molar-refractivity contribution in [3.05, 3.63) is 75.1 Å². The van der Waals surface area contributed by atoms with Crippen LogP contribution in [0.3, 0.4) is 0 Å². The molecule has 0 amide bonds. The summed E-state index contributed by atoms with van der Waals surface area (Å²) in [7, 11) is 0. The van der Waals surface area contributed by atoms with Gasteiger partial charge in [-0.15, -0.1) is 0 Å². The number of fused-ring (bicyclic) bond motifs is 1. The third-order valence-electron chi connectivity index (χ3n) is 4.54. The third-order valence-corrected chi connectivity index (χ3v) is 4.54. The first-order valence-electron chi connectivity index (χ1n) is 8.51. The van der Waals surface area contributed by atoms with Gasteiger partial charge < -0.3 is 9.15 Å². The second kappa shape index (κ2) is 6.40. The van der Waals surface area contributed by atoms with Crippen molar-refractivity contribution in [1.82, 2.24) is 0 Å². The van der Waals surface area contributed by atoms with Crippen LogP contribution in [-0.4, -0.2) is 0 Å². The Balaban J connectivity index is 1.85. The van der Waals surface area contributed by atoms with Crippen molar-refractivity contribution in [2.24, 2.45) is 0 Å². The Morgan fingerprint density at radius 2 is 1.60 bits per heavy atom. The van der Waals surface area contributed by atoms with Crippen LogP contribution in [-0.2, 0) is 12.0 Å². The predicted molar refractivity (Wildman–Crippen MR) is 101 cm³/mol. The Labute approximate surface area is 148 Å². The fourth-order valence-electron chi connectivity index (χ4n) is 2.94. The van der Waals surface area contributed by atoms with Crippen molar-refractivity contribution in [3.8, 4) is 5.75 Å². The van der Waals surface area contributed by atoms with Gasteiger partial charge in [0, 0.05) is 17.5 Å². The van der Waals surface area contributed by atoms with Gasteiger partial charge in [-0.2, -0.15) is 0 Å². The molecule has 3 rings (SSSR count). The van der Waals surface area contributed by atoms with Crippen LogP contribution in [0.25, 0.3) is 11.0 Å². The zero-order valence-electron chi connectivity index (χ0n) is 15.5. The number of benzene rings is 2. The van der Waals surface area contributed by atoms with Gasteiger partial charge in [0.15, 0.2) is 0 Å². The van der Waals surface area contributed by atoms with E-state index in [0.717, 1.165) is 5.39 Å². The fourth-order valence-corrected chi connectivity index (χ4v) is 2.94. The molecule has 0 radical (unpaired) electrons. The van der Waals surface area contributed by atoms with E-state index >= 15 is 0 Å². The van der Waals surface area contributed by atoms with Crippen molar-refractivity contribution < 1.29 is 9.15 Å². The van der Waals surface area contributed by atoms with Crippen molar-refractivity contribution >= 4 is 11.0 Å². The smallest absolute Gasteiger partial charge is 0.336 e. The Hall–Kier alpha value is -2.55. The maximum absolute atomic E-state index is 11.4. The zero-order chi connectivity index (χ0) is 18.2. The lowest BCUT2D eigenvalue weighted by Gasteiger charge is -2.22. The van der Waals surface area contributed by atoms with Gasteiger partial charge in [0.25, 0.3) is 0 Å². The minimum Gasteiger partial charge on any atom is -0.489 e. The molecule has 0 aliphatic heterocycles. The first kappa shape index (κ1) is 17.3. The number of rotatable bonds is 3. The monoisotopic (exact) mass is 336 g/mol. The van der Waals surface area contributed by atoms with E-state index in [0.29, 0.717) is 17.9 Å². The molecule has 0 aliphatic carbocycles. The van der Waals surface area contributed by atoms with Crippen LogP contribution in [0.1, 0.15) is 43.0 Å². The van der Waals surface area contributed by atoms with Gasteiger partial charge >= 0.3 is 5.63 Å². The Morgan fingerprint density at radius 1 is 0.960 bits per heavy atom. The van der Waals surface area contributed by atoms with E-state index in [1.54, 1.807) is 12.1 Å². The summed E-state index contributed by atoms with van der Waals surface area (Å²) in [6.07, 6.45) is 0. The van der Waals surface area contributed by atoms with Crippen LogP contribution in [0.4, 0.5) is 0 Å². The lowest BCUT2D eigenvalue weighted by Crippen LogP contribution is -2.13. The molecular weight excluding hydrogens is 312 g/mol. The van der Waals surface area contributed by atoms with Crippen molar-refractivity contribution in [3.63, 3.8) is 0 Å². The molecule has 3 nitrogen and oxygen atoms in total. The molecule has 1 aromatic heterocycles. The van der Waals surface area contributed by atoms with Gasteiger partial charge in [-0.3, -0.25) is 0 Å². The Kier molecular flexibility index (Phi) is 4.42. The summed E-state index contributed by atoms with van der Waals surface area (Å²) in [6.45, 7) is 11.4. The molecule has 0 aliphatic rings. The minimum absolute atomic E-state index is 0.130. The molecule has 0 saturated carbocycles. The molecule has 2 aromatic carbocycles. The molecule has 0 unspecified atom stereocenters. The van der Waals surface area contributed by atoms with Crippen LogP contribution in [0.5, 0.6) is 5.75 Å². The van der Waals surface area contributed by atoms with E-state index in [-0.39, 0.29) is 11.0 Å². The summed E-state index contributed by atoms with van der Waals surface area (Å²) in [5, 5.41) is 0.883. The summed E-state index contributed by atoms with van der Waals surface area (Å²) in [6, 6.07) is 13.2. The van der Waals surface area contributed by atoms with Gasteiger partial charge in [-0.25, -0.2) is 4.79 Å². The average Bonchev–Trinajstić information content (AvgIpc) is 2.52. The summed E-state index contributed by atoms with van der Waals surface area (Å²) < 4.78 is 11.2. The van der Waals surface area contributed by atoms with Crippen molar-refractivity contribution in [2.75, 3.05) is 0 Å². The van der Waals surface area contributed by atoms with Crippen LogP contribution in [0.15, 0.2) is 51.7 Å². The summed E-state index contributed by atoms with van der Waals surface area (Å²) in [5.74, 6) is 0.695. The predicted octanol–water partition coefficient (Wildman–Crippen LogP) is 5.29. The molecule has 1 heterocycles. The highest BCUT2D eigenvalue weighted by Crippen LogP contribution is 2.28. The number of hydrogen-bond acceptors (Lipinski definition) is 3. The van der Waals surface area contributed by atoms with Crippen LogP contribution in [0, 0.1) is 13.8 Å². The second-order valence-corrected chi connectivity index (χ2v) is 7.58. The van der Waals surface area contributed by atoms with E-state index in [1.807, 2.05) is 12.1 Å². The van der Waals surface area contributed by atoms with Gasteiger partial charge in [0.05, 0.1) is 0 Å². The Bertz CT molecular complexity index is 951. The largest absolute Gasteiger partial charge is 0.489 e. The van der Waals surface area contributed by atoms with E-state index in [1.165, 1.54) is 28.3 Å². The van der Waals surface area contributed by atoms with Crippen LogP contribution in [0.2, 0.25) is 0 Å². The van der Waals surface area contributed by atoms with Gasteiger partial charge in [-0.1, -0.05) is 32.9 Å². The van der Waals surface area contributed by atoms with E-state index in [2.05, 4.69) is 46.8 Å². The number of hydrogen-bond donors (Lipinski definition) is 0. The highest BCUT2D eigenvalue weighted by molar-refractivity contribution is 5.77. The molecule has 3 aromatic rings. The normalized spacial score (nSPS) is 11.7. The molecule has 130 valence electrons. The summed E-state index contributed by atoms with van der Waals surface area (Å²) in [5.41, 5.74) is 5.32. The zero-order valence-corrected chi connectivity index (χ0v) is 15.5. The molecule has 0 atom stereocenters. The first-order chi connectivity index (χ1) is 11.7.